The number of carboxylic acids is 1. The van der Waals surface area contributed by atoms with Gasteiger partial charge in [0.1, 0.15) is 5.92 Å². The van der Waals surface area contributed by atoms with Crippen LogP contribution in [0.15, 0.2) is 22.8 Å². The highest BCUT2D eigenvalue weighted by Gasteiger charge is 2.30. The Hall–Kier alpha value is -2.68. The topological polar surface area (TPSA) is 130 Å². The maximum absolute atomic E-state index is 11.8. The number of carbonyl (C=O) groups excluding carboxylic acids is 1. The van der Waals surface area contributed by atoms with Crippen LogP contribution in [-0.2, 0) is 16.0 Å². The summed E-state index contributed by atoms with van der Waals surface area (Å²) in [5, 5.41) is 19.1. The number of anilines is 1. The van der Waals surface area contributed by atoms with E-state index in [1.54, 1.807) is 12.1 Å². The second-order valence-corrected chi connectivity index (χ2v) is 5.73. The third-order valence-electron chi connectivity index (χ3n) is 3.22. The molecule has 0 radical (unpaired) electrons. The lowest BCUT2D eigenvalue weighted by Gasteiger charge is -2.16. The minimum absolute atomic E-state index is 0.202. The van der Waals surface area contributed by atoms with E-state index in [0.717, 1.165) is 17.7 Å². The fourth-order valence-corrected chi connectivity index (χ4v) is 3.34. The van der Waals surface area contributed by atoms with Crippen molar-refractivity contribution in [1.82, 2.24) is 4.98 Å². The summed E-state index contributed by atoms with van der Waals surface area (Å²) in [6.07, 6.45) is 3.66. The van der Waals surface area contributed by atoms with E-state index in [9.17, 15) is 14.7 Å². The first-order valence-corrected chi connectivity index (χ1v) is 7.53. The van der Waals surface area contributed by atoms with Crippen LogP contribution in [0, 0.1) is 0 Å². The quantitative estimate of drug-likeness (QED) is 0.731. The molecule has 8 nitrogen and oxygen atoms in total. The summed E-state index contributed by atoms with van der Waals surface area (Å²) in [4.78, 5) is 36.6. The molecular weight excluding hydrogens is 324 g/mol. The van der Waals surface area contributed by atoms with Crippen molar-refractivity contribution in [2.24, 2.45) is 0 Å². The standard InChI is InChI=1S/C13H12N2O4S.CH2O2/c16-11(8-4-2-6-19-8)15-13-14-10-7(12(17)18)3-1-5-9(10)20-13;2-1-3/h2,4,6-7H,1,3,5H2,(H,17,18)(H,14,15,16);1H,(H,2,3). The molecule has 1 aliphatic carbocycles. The van der Waals surface area contributed by atoms with E-state index >= 15 is 0 Å². The predicted octanol–water partition coefficient (Wildman–Crippen LogP) is 2.19. The highest BCUT2D eigenvalue weighted by atomic mass is 32.1. The van der Waals surface area contributed by atoms with Gasteiger partial charge in [0.2, 0.25) is 0 Å². The van der Waals surface area contributed by atoms with E-state index in [1.165, 1.54) is 17.6 Å². The minimum atomic E-state index is -0.861. The number of carboxylic acid groups (broad SMARTS) is 2. The number of hydrogen-bond donors (Lipinski definition) is 3. The molecule has 3 N–H and O–H groups in total. The lowest BCUT2D eigenvalue weighted by atomic mass is 9.91. The maximum atomic E-state index is 11.8. The van der Waals surface area contributed by atoms with Gasteiger partial charge in [-0.2, -0.15) is 0 Å². The van der Waals surface area contributed by atoms with Crippen molar-refractivity contribution in [1.29, 1.82) is 0 Å². The van der Waals surface area contributed by atoms with Crippen molar-refractivity contribution in [3.63, 3.8) is 0 Å². The number of nitrogens with zero attached hydrogens (tertiary/aromatic N) is 1. The van der Waals surface area contributed by atoms with Gasteiger partial charge in [-0.1, -0.05) is 0 Å². The molecule has 0 fully saturated rings. The molecule has 0 saturated heterocycles. The van der Waals surface area contributed by atoms with Gasteiger partial charge in [0.25, 0.3) is 12.4 Å². The zero-order chi connectivity index (χ0) is 16.8. The molecule has 2 aromatic heterocycles. The molecule has 0 aromatic carbocycles. The number of thiazole rings is 1. The van der Waals surface area contributed by atoms with Gasteiger partial charge >= 0.3 is 5.97 Å². The van der Waals surface area contributed by atoms with E-state index in [0.29, 0.717) is 17.2 Å². The van der Waals surface area contributed by atoms with Crippen LogP contribution in [0.25, 0.3) is 0 Å². The van der Waals surface area contributed by atoms with Crippen LogP contribution >= 0.6 is 11.3 Å². The van der Waals surface area contributed by atoms with Gasteiger partial charge < -0.3 is 14.6 Å². The van der Waals surface area contributed by atoms with Crippen molar-refractivity contribution in [3.05, 3.63) is 34.7 Å². The van der Waals surface area contributed by atoms with Crippen molar-refractivity contribution >= 4 is 34.8 Å². The lowest BCUT2D eigenvalue weighted by Crippen LogP contribution is -2.17. The van der Waals surface area contributed by atoms with Gasteiger partial charge in [-0.25, -0.2) is 4.98 Å². The number of aryl methyl sites for hydroxylation is 1. The van der Waals surface area contributed by atoms with E-state index in [-0.39, 0.29) is 18.1 Å². The molecule has 0 saturated carbocycles. The molecule has 122 valence electrons. The molecule has 2 heterocycles. The Bertz CT molecular complexity index is 694. The highest BCUT2D eigenvalue weighted by Crippen LogP contribution is 2.36. The monoisotopic (exact) mass is 338 g/mol. The van der Waals surface area contributed by atoms with Crippen LogP contribution in [0.2, 0.25) is 0 Å². The molecule has 0 spiro atoms. The van der Waals surface area contributed by atoms with Gasteiger partial charge in [0.15, 0.2) is 10.9 Å². The van der Waals surface area contributed by atoms with Crippen LogP contribution in [-0.4, -0.2) is 33.5 Å². The van der Waals surface area contributed by atoms with Gasteiger partial charge in [-0.3, -0.25) is 19.7 Å². The molecule has 1 aliphatic rings. The number of rotatable bonds is 3. The Morgan fingerprint density at radius 3 is 2.83 bits per heavy atom. The normalized spacial score (nSPS) is 15.7. The summed E-state index contributed by atoms with van der Waals surface area (Å²) in [5.41, 5.74) is 0.587. The maximum Gasteiger partial charge on any atom is 0.312 e. The third-order valence-corrected chi connectivity index (χ3v) is 4.26. The molecule has 0 bridgehead atoms. The van der Waals surface area contributed by atoms with Crippen LogP contribution in [0.3, 0.4) is 0 Å². The number of fused-ring (bicyclic) bond motifs is 1. The fraction of sp³-hybridized carbons (Fsp3) is 0.286. The van der Waals surface area contributed by atoms with Crippen molar-refractivity contribution in [2.75, 3.05) is 5.32 Å². The molecule has 1 unspecified atom stereocenters. The van der Waals surface area contributed by atoms with Gasteiger partial charge in [0, 0.05) is 4.88 Å². The summed E-state index contributed by atoms with van der Waals surface area (Å²) in [6.45, 7) is -0.250. The lowest BCUT2D eigenvalue weighted by molar-refractivity contribution is -0.139. The van der Waals surface area contributed by atoms with Crippen LogP contribution in [0.5, 0.6) is 0 Å². The second-order valence-electron chi connectivity index (χ2n) is 4.65. The van der Waals surface area contributed by atoms with Gasteiger partial charge in [-0.15, -0.1) is 11.3 Å². The summed E-state index contributed by atoms with van der Waals surface area (Å²) >= 11 is 1.33. The zero-order valence-corrected chi connectivity index (χ0v) is 12.7. The fourth-order valence-electron chi connectivity index (χ4n) is 2.28. The first-order chi connectivity index (χ1) is 11.1. The largest absolute Gasteiger partial charge is 0.483 e. The van der Waals surface area contributed by atoms with Crippen LogP contribution < -0.4 is 5.32 Å². The van der Waals surface area contributed by atoms with Crippen molar-refractivity contribution < 1.29 is 29.0 Å². The zero-order valence-electron chi connectivity index (χ0n) is 11.9. The van der Waals surface area contributed by atoms with E-state index < -0.39 is 11.9 Å². The second kappa shape index (κ2) is 7.54. The first kappa shape index (κ1) is 16.7. The molecular formula is C14H14N2O6S. The number of aliphatic carboxylic acids is 1. The van der Waals surface area contributed by atoms with Crippen molar-refractivity contribution in [3.8, 4) is 0 Å². The van der Waals surface area contributed by atoms with E-state index in [4.69, 9.17) is 14.3 Å². The first-order valence-electron chi connectivity index (χ1n) is 6.72. The molecule has 0 aliphatic heterocycles. The van der Waals surface area contributed by atoms with E-state index in [2.05, 4.69) is 10.3 Å². The summed E-state index contributed by atoms with van der Waals surface area (Å²) in [6, 6.07) is 3.19. The average Bonchev–Trinajstić information content (AvgIpc) is 3.16. The number of hydrogen-bond acceptors (Lipinski definition) is 6. The Labute approximate surface area is 134 Å². The number of carbonyl (C=O) groups is 3. The highest BCUT2D eigenvalue weighted by molar-refractivity contribution is 7.15. The Morgan fingerprint density at radius 2 is 2.22 bits per heavy atom. The summed E-state index contributed by atoms with van der Waals surface area (Å²) < 4.78 is 5.00. The predicted molar refractivity (Wildman–Crippen MR) is 80.8 cm³/mol. The van der Waals surface area contributed by atoms with Gasteiger partial charge in [-0.05, 0) is 31.4 Å². The van der Waals surface area contributed by atoms with Crippen LogP contribution in [0.1, 0.15) is 39.9 Å². The van der Waals surface area contributed by atoms with E-state index in [1.807, 2.05) is 0 Å². The molecule has 9 heteroatoms. The van der Waals surface area contributed by atoms with Gasteiger partial charge in [0.05, 0.1) is 12.0 Å². The van der Waals surface area contributed by atoms with Crippen molar-refractivity contribution in [2.45, 2.75) is 25.2 Å². The summed E-state index contributed by atoms with van der Waals surface area (Å²) in [5.74, 6) is -1.61. The molecule has 23 heavy (non-hydrogen) atoms. The third kappa shape index (κ3) is 3.95. The summed E-state index contributed by atoms with van der Waals surface area (Å²) in [7, 11) is 0. The number of nitrogens with one attached hydrogen (secondary N) is 1. The molecule has 1 amide bonds. The minimum Gasteiger partial charge on any atom is -0.483 e. The Kier molecular flexibility index (Phi) is 5.47. The van der Waals surface area contributed by atoms with Crippen LogP contribution in [0.4, 0.5) is 5.13 Å². The Morgan fingerprint density at radius 1 is 1.48 bits per heavy atom. The Balaban J connectivity index is 0.000000595. The average molecular weight is 338 g/mol. The number of amides is 1. The number of furan rings is 1. The number of aromatic nitrogens is 1. The smallest absolute Gasteiger partial charge is 0.312 e. The molecule has 2 aromatic rings. The molecule has 3 rings (SSSR count). The molecule has 1 atom stereocenters. The SMILES string of the molecule is O=C(Nc1nc2c(s1)CCCC2C(=O)O)c1ccco1.O=CO.